The number of fused-ring (bicyclic) bond motifs is 1. The number of hydrogen-bond acceptors (Lipinski definition) is 10. The zero-order valence-electron chi connectivity index (χ0n) is 21.0. The summed E-state index contributed by atoms with van der Waals surface area (Å²) in [6, 6.07) is 3.46. The highest BCUT2D eigenvalue weighted by molar-refractivity contribution is 7.89. The van der Waals surface area contributed by atoms with Crippen LogP contribution in [0.3, 0.4) is 0 Å². The lowest BCUT2D eigenvalue weighted by Crippen LogP contribution is -2.50. The van der Waals surface area contributed by atoms with Crippen molar-refractivity contribution in [3.05, 3.63) is 23.5 Å². The Morgan fingerprint density at radius 2 is 1.98 bits per heavy atom. The lowest BCUT2D eigenvalue weighted by molar-refractivity contribution is -0.138. The second-order valence-corrected chi connectivity index (χ2v) is 12.8. The number of piperazine rings is 1. The number of pyridine rings is 1. The summed E-state index contributed by atoms with van der Waals surface area (Å²) in [4.78, 5) is 20.7. The van der Waals surface area contributed by atoms with E-state index < -0.39 is 26.7 Å². The minimum Gasteiger partial charge on any atom is -0.366 e. The number of anilines is 1. The standard InChI is InChI=1S/C23H24F3N9O3S2/c24-23(25,26)21-31-30-19(39-21)18-29-11-17-16(33-5-7-34(8-6-33)20(36)14-1-4-28-10-14)9-15(12-35(17)18)40(37,38)32-22(13-27)2-3-22/h9,11-12,14,28,32H,1-8,10H2/t14-/m0/s1. The van der Waals surface area contributed by atoms with Gasteiger partial charge in [0, 0.05) is 38.9 Å². The first-order chi connectivity index (χ1) is 19.0. The Morgan fingerprint density at radius 3 is 2.58 bits per heavy atom. The molecule has 0 aromatic carbocycles. The monoisotopic (exact) mass is 595 g/mol. The highest BCUT2D eigenvalue weighted by atomic mass is 32.2. The van der Waals surface area contributed by atoms with Crippen molar-refractivity contribution < 1.29 is 26.4 Å². The first-order valence-corrected chi connectivity index (χ1v) is 14.9. The Morgan fingerprint density at radius 1 is 1.23 bits per heavy atom. The molecule has 6 rings (SSSR count). The van der Waals surface area contributed by atoms with Crippen LogP contribution in [0.25, 0.3) is 16.3 Å². The average molecular weight is 596 g/mol. The molecule has 0 bridgehead atoms. The minimum atomic E-state index is -4.69. The number of halogens is 3. The molecule has 1 aliphatic carbocycles. The van der Waals surface area contributed by atoms with E-state index in [2.05, 4.69) is 25.2 Å². The lowest BCUT2D eigenvalue weighted by Gasteiger charge is -2.37. The van der Waals surface area contributed by atoms with Gasteiger partial charge in [-0.1, -0.05) is 11.3 Å². The predicted octanol–water partition coefficient (Wildman–Crippen LogP) is 1.46. The number of carbonyl (C=O) groups is 1. The van der Waals surface area contributed by atoms with Gasteiger partial charge in [0.1, 0.15) is 10.4 Å². The number of sulfonamides is 1. The van der Waals surface area contributed by atoms with Gasteiger partial charge < -0.3 is 15.1 Å². The highest BCUT2D eigenvalue weighted by Gasteiger charge is 2.47. The Hall–Kier alpha value is -3.33. The van der Waals surface area contributed by atoms with E-state index in [1.54, 1.807) is 4.90 Å². The number of nitrogens with one attached hydrogen (secondary N) is 2. The Bertz CT molecular complexity index is 1610. The fourth-order valence-electron chi connectivity index (χ4n) is 5.01. The second-order valence-electron chi connectivity index (χ2n) is 10.1. The molecular weight excluding hydrogens is 571 g/mol. The minimum absolute atomic E-state index is 0.00488. The van der Waals surface area contributed by atoms with Crippen LogP contribution in [0, 0.1) is 17.2 Å². The van der Waals surface area contributed by atoms with Crippen LogP contribution in [0.4, 0.5) is 18.9 Å². The summed E-state index contributed by atoms with van der Waals surface area (Å²) in [6.45, 7) is 3.15. The number of nitrogens with zero attached hydrogens (tertiary/aromatic N) is 7. The fraction of sp³-hybridized carbons (Fsp3) is 0.522. The molecule has 2 N–H and O–H groups in total. The van der Waals surface area contributed by atoms with Crippen molar-refractivity contribution in [2.75, 3.05) is 44.2 Å². The van der Waals surface area contributed by atoms with E-state index in [0.717, 1.165) is 13.0 Å². The number of hydrogen-bond donors (Lipinski definition) is 2. The highest BCUT2D eigenvalue weighted by Crippen LogP contribution is 2.38. The summed E-state index contributed by atoms with van der Waals surface area (Å²) in [6.07, 6.45) is -0.427. The summed E-state index contributed by atoms with van der Waals surface area (Å²) in [7, 11) is -4.18. The van der Waals surface area contributed by atoms with E-state index in [-0.39, 0.29) is 27.6 Å². The first kappa shape index (κ1) is 26.9. The molecule has 40 heavy (non-hydrogen) atoms. The smallest absolute Gasteiger partial charge is 0.366 e. The van der Waals surface area contributed by atoms with Crippen LogP contribution < -0.4 is 14.9 Å². The second kappa shape index (κ2) is 9.65. The van der Waals surface area contributed by atoms with Crippen LogP contribution in [-0.4, -0.2) is 83.6 Å². The van der Waals surface area contributed by atoms with E-state index in [1.807, 2.05) is 11.0 Å². The van der Waals surface area contributed by atoms with Gasteiger partial charge in [0.2, 0.25) is 20.9 Å². The SMILES string of the molecule is N#CC1(NS(=O)(=O)c2cc(N3CCN(C(=O)[C@H]4CCNC4)CC3)c3cnc(-c4nnc(C(F)(F)F)s4)n3c2)CC1. The third kappa shape index (κ3) is 4.89. The van der Waals surface area contributed by atoms with Crippen LogP contribution in [0.5, 0.6) is 0 Å². The topological polar surface area (TPSA) is 149 Å². The molecule has 0 spiro atoms. The summed E-state index contributed by atoms with van der Waals surface area (Å²) >= 11 is 0.305. The predicted molar refractivity (Wildman–Crippen MR) is 137 cm³/mol. The molecule has 212 valence electrons. The van der Waals surface area contributed by atoms with Crippen molar-refractivity contribution in [1.82, 2.24) is 34.5 Å². The van der Waals surface area contributed by atoms with E-state index in [4.69, 9.17) is 0 Å². The van der Waals surface area contributed by atoms with Crippen molar-refractivity contribution in [3.63, 3.8) is 0 Å². The first-order valence-electron chi connectivity index (χ1n) is 12.6. The molecular formula is C23H24F3N9O3S2. The van der Waals surface area contributed by atoms with Crippen molar-refractivity contribution >= 4 is 38.5 Å². The lowest BCUT2D eigenvalue weighted by atomic mass is 10.1. The molecule has 0 unspecified atom stereocenters. The van der Waals surface area contributed by atoms with Gasteiger partial charge >= 0.3 is 6.18 Å². The largest absolute Gasteiger partial charge is 0.445 e. The van der Waals surface area contributed by atoms with Crippen molar-refractivity contribution in [3.8, 4) is 16.9 Å². The molecule has 3 aliphatic rings. The van der Waals surface area contributed by atoms with Gasteiger partial charge in [-0.25, -0.2) is 13.4 Å². The van der Waals surface area contributed by atoms with Gasteiger partial charge in [0.25, 0.3) is 0 Å². The van der Waals surface area contributed by atoms with E-state index in [0.29, 0.717) is 68.1 Å². The van der Waals surface area contributed by atoms with Crippen molar-refractivity contribution in [1.29, 1.82) is 5.26 Å². The zero-order chi connectivity index (χ0) is 28.3. The Balaban J connectivity index is 1.37. The maximum Gasteiger partial charge on any atom is 0.445 e. The third-order valence-corrected chi connectivity index (χ3v) is 9.87. The van der Waals surface area contributed by atoms with Crippen LogP contribution in [-0.2, 0) is 21.0 Å². The van der Waals surface area contributed by atoms with Crippen molar-refractivity contribution in [2.24, 2.45) is 5.92 Å². The number of imidazole rings is 1. The summed E-state index contributed by atoms with van der Waals surface area (Å²) < 4.78 is 70.2. The normalized spacial score (nSPS) is 21.1. The zero-order valence-corrected chi connectivity index (χ0v) is 22.6. The van der Waals surface area contributed by atoms with Crippen LogP contribution >= 0.6 is 11.3 Å². The molecule has 0 radical (unpaired) electrons. The van der Waals surface area contributed by atoms with Gasteiger partial charge in [-0.15, -0.1) is 10.2 Å². The third-order valence-electron chi connectivity index (χ3n) is 7.40. The molecule has 3 fully saturated rings. The maximum absolute atomic E-state index is 13.4. The van der Waals surface area contributed by atoms with Gasteiger partial charge in [-0.3, -0.25) is 9.20 Å². The molecule has 12 nitrogen and oxygen atoms in total. The molecule has 2 aliphatic heterocycles. The number of rotatable bonds is 6. The van der Waals surface area contributed by atoms with Crippen LogP contribution in [0.2, 0.25) is 0 Å². The number of nitriles is 1. The average Bonchev–Trinajstić information content (AvgIpc) is 3.38. The van der Waals surface area contributed by atoms with Gasteiger partial charge in [-0.05, 0) is 31.9 Å². The number of amides is 1. The molecule has 5 heterocycles. The van der Waals surface area contributed by atoms with Crippen molar-refractivity contribution in [2.45, 2.75) is 35.9 Å². The molecule has 17 heteroatoms. The quantitative estimate of drug-likeness (QED) is 0.432. The summed E-state index contributed by atoms with van der Waals surface area (Å²) in [5.41, 5.74) is -0.231. The molecule has 3 aromatic rings. The fourth-order valence-corrected chi connectivity index (χ4v) is 7.11. The Kier molecular flexibility index (Phi) is 6.48. The van der Waals surface area contributed by atoms with E-state index in [1.165, 1.54) is 22.9 Å². The van der Waals surface area contributed by atoms with Gasteiger partial charge in [0.15, 0.2) is 10.8 Å². The van der Waals surface area contributed by atoms with Gasteiger partial charge in [0.05, 0.1) is 29.4 Å². The number of carbonyl (C=O) groups excluding carboxylic acids is 1. The maximum atomic E-state index is 13.4. The molecule has 2 saturated heterocycles. The summed E-state index contributed by atoms with van der Waals surface area (Å²) in [5, 5.41) is 18.2. The van der Waals surface area contributed by atoms with E-state index in [9.17, 15) is 31.6 Å². The van der Waals surface area contributed by atoms with Crippen LogP contribution in [0.1, 0.15) is 24.3 Å². The molecule has 1 atom stereocenters. The molecule has 3 aromatic heterocycles. The van der Waals surface area contributed by atoms with Crippen LogP contribution in [0.15, 0.2) is 23.4 Å². The molecule has 1 amide bonds. The van der Waals surface area contributed by atoms with Gasteiger partial charge in [-0.2, -0.15) is 23.2 Å². The number of aromatic nitrogens is 4. The molecule has 1 saturated carbocycles. The number of alkyl halides is 3. The Labute approximate surface area is 230 Å². The summed E-state index contributed by atoms with van der Waals surface area (Å²) in [5.74, 6) is 0.0359. The van der Waals surface area contributed by atoms with E-state index >= 15 is 0 Å².